The van der Waals surface area contributed by atoms with Crippen LogP contribution >= 0.6 is 11.6 Å². The zero-order valence-electron chi connectivity index (χ0n) is 14.2. The van der Waals surface area contributed by atoms with Gasteiger partial charge in [-0.25, -0.2) is 4.98 Å². The predicted octanol–water partition coefficient (Wildman–Crippen LogP) is 4.05. The largest absolute Gasteiger partial charge is 0.417 e. The second-order valence-electron chi connectivity index (χ2n) is 6.23. The summed E-state index contributed by atoms with van der Waals surface area (Å²) in [5, 5.41) is 2.21. The van der Waals surface area contributed by atoms with Crippen LogP contribution in [0.15, 0.2) is 36.5 Å². The minimum atomic E-state index is -4.64. The summed E-state index contributed by atoms with van der Waals surface area (Å²) in [4.78, 5) is 29.9. The van der Waals surface area contributed by atoms with Crippen LogP contribution < -0.4 is 10.2 Å². The summed E-state index contributed by atoms with van der Waals surface area (Å²) in [5.41, 5.74) is -0.202. The third kappa shape index (κ3) is 4.05. The minimum absolute atomic E-state index is 0.0184. The molecule has 1 aliphatic heterocycles. The average Bonchev–Trinajstić information content (AvgIpc) is 2.98. The molecule has 1 fully saturated rings. The zero-order chi connectivity index (χ0) is 19.8. The van der Waals surface area contributed by atoms with Crippen LogP contribution in [0.1, 0.15) is 17.5 Å². The van der Waals surface area contributed by atoms with Gasteiger partial charge in [0.15, 0.2) is 0 Å². The van der Waals surface area contributed by atoms with Crippen LogP contribution in [0.25, 0.3) is 0 Å². The van der Waals surface area contributed by atoms with Crippen LogP contribution in [0.3, 0.4) is 0 Å². The maximum absolute atomic E-state index is 13.0. The molecule has 1 N–H and O–H groups in total. The summed E-state index contributed by atoms with van der Waals surface area (Å²) in [7, 11) is 0. The number of alkyl halides is 3. The van der Waals surface area contributed by atoms with Crippen molar-refractivity contribution in [3.8, 4) is 0 Å². The maximum Gasteiger partial charge on any atom is 0.417 e. The molecule has 5 nitrogen and oxygen atoms in total. The van der Waals surface area contributed by atoms with Crippen molar-refractivity contribution in [3.63, 3.8) is 0 Å². The molecule has 1 atom stereocenters. The van der Waals surface area contributed by atoms with Gasteiger partial charge in [0.1, 0.15) is 5.82 Å². The molecule has 2 aromatic rings. The van der Waals surface area contributed by atoms with Crippen molar-refractivity contribution in [1.82, 2.24) is 4.98 Å². The molecule has 3 rings (SSSR count). The first-order valence-corrected chi connectivity index (χ1v) is 8.44. The highest BCUT2D eigenvalue weighted by atomic mass is 35.5. The molecule has 0 bridgehead atoms. The van der Waals surface area contributed by atoms with E-state index in [4.69, 9.17) is 11.6 Å². The van der Waals surface area contributed by atoms with Crippen LogP contribution in [-0.4, -0.2) is 23.3 Å². The van der Waals surface area contributed by atoms with E-state index in [1.807, 2.05) is 0 Å². The molecule has 2 amide bonds. The number of nitrogens with zero attached hydrogens (tertiary/aromatic N) is 2. The van der Waals surface area contributed by atoms with Crippen LogP contribution in [0.5, 0.6) is 0 Å². The topological polar surface area (TPSA) is 62.3 Å². The third-order valence-electron chi connectivity index (χ3n) is 4.31. The SMILES string of the molecule is Cc1cccnc1NC(=O)C1CC(=O)N(c2ccc(Cl)c(C(F)(F)F)c2)C1. The van der Waals surface area contributed by atoms with Gasteiger partial charge in [0.05, 0.1) is 16.5 Å². The van der Waals surface area contributed by atoms with Crippen molar-refractivity contribution in [2.45, 2.75) is 19.5 Å². The Labute approximate surface area is 158 Å². The molecule has 1 aromatic carbocycles. The van der Waals surface area contributed by atoms with E-state index in [2.05, 4.69) is 10.3 Å². The monoisotopic (exact) mass is 397 g/mol. The first kappa shape index (κ1) is 19.2. The molecule has 2 heterocycles. The highest BCUT2D eigenvalue weighted by molar-refractivity contribution is 6.31. The number of aromatic nitrogens is 1. The molecule has 9 heteroatoms. The number of carbonyl (C=O) groups is 2. The molecule has 1 aliphatic rings. The number of hydrogen-bond acceptors (Lipinski definition) is 3. The number of halogens is 4. The summed E-state index contributed by atoms with van der Waals surface area (Å²) in [6, 6.07) is 6.76. The van der Waals surface area contributed by atoms with Crippen LogP contribution in [0.4, 0.5) is 24.7 Å². The summed E-state index contributed by atoms with van der Waals surface area (Å²) in [6.45, 7) is 1.76. The first-order valence-electron chi connectivity index (χ1n) is 8.06. The van der Waals surface area contributed by atoms with Crippen molar-refractivity contribution >= 4 is 34.9 Å². The Balaban J connectivity index is 1.78. The Morgan fingerprint density at radius 1 is 1.33 bits per heavy atom. The number of anilines is 2. The van der Waals surface area contributed by atoms with E-state index in [1.54, 1.807) is 19.1 Å². The number of hydrogen-bond donors (Lipinski definition) is 1. The maximum atomic E-state index is 13.0. The van der Waals surface area contributed by atoms with Crippen LogP contribution in [-0.2, 0) is 15.8 Å². The second-order valence-corrected chi connectivity index (χ2v) is 6.63. The Kier molecular flexibility index (Phi) is 5.10. The van der Waals surface area contributed by atoms with Crippen molar-refractivity contribution in [1.29, 1.82) is 0 Å². The minimum Gasteiger partial charge on any atom is -0.312 e. The molecular weight excluding hydrogens is 383 g/mol. The Morgan fingerprint density at radius 3 is 2.74 bits per heavy atom. The average molecular weight is 398 g/mol. The van der Waals surface area contributed by atoms with E-state index in [9.17, 15) is 22.8 Å². The third-order valence-corrected chi connectivity index (χ3v) is 4.64. The van der Waals surface area contributed by atoms with Crippen molar-refractivity contribution in [3.05, 3.63) is 52.7 Å². The lowest BCUT2D eigenvalue weighted by molar-refractivity contribution is -0.137. The van der Waals surface area contributed by atoms with Gasteiger partial charge in [0, 0.05) is 24.8 Å². The number of carbonyl (C=O) groups excluding carboxylic acids is 2. The smallest absolute Gasteiger partial charge is 0.312 e. The number of nitrogens with one attached hydrogen (secondary N) is 1. The molecule has 27 heavy (non-hydrogen) atoms. The lowest BCUT2D eigenvalue weighted by Crippen LogP contribution is -2.28. The molecule has 0 radical (unpaired) electrons. The zero-order valence-corrected chi connectivity index (χ0v) is 14.9. The van der Waals surface area contributed by atoms with E-state index in [1.165, 1.54) is 17.2 Å². The van der Waals surface area contributed by atoms with Crippen molar-refractivity contribution in [2.75, 3.05) is 16.8 Å². The quantitative estimate of drug-likeness (QED) is 0.849. The highest BCUT2D eigenvalue weighted by Gasteiger charge is 2.38. The molecule has 1 aromatic heterocycles. The van der Waals surface area contributed by atoms with Crippen LogP contribution in [0, 0.1) is 12.8 Å². The fourth-order valence-corrected chi connectivity index (χ4v) is 3.09. The Hall–Kier alpha value is -2.61. The predicted molar refractivity (Wildman–Crippen MR) is 94.5 cm³/mol. The molecule has 1 unspecified atom stereocenters. The standard InChI is InChI=1S/C18H15ClF3N3O2/c1-10-3-2-6-23-16(10)24-17(27)11-7-15(26)25(9-11)12-4-5-14(19)13(8-12)18(20,21)22/h2-6,8,11H,7,9H2,1H3,(H,23,24,27). The van der Waals surface area contributed by atoms with Crippen molar-refractivity contribution in [2.24, 2.45) is 5.92 Å². The summed E-state index contributed by atoms with van der Waals surface area (Å²) < 4.78 is 39.1. The van der Waals surface area contributed by atoms with Gasteiger partial charge in [0.25, 0.3) is 0 Å². The Morgan fingerprint density at radius 2 is 2.07 bits per heavy atom. The van der Waals surface area contributed by atoms with E-state index in [0.717, 1.165) is 17.7 Å². The van der Waals surface area contributed by atoms with Gasteiger partial charge in [-0.05, 0) is 36.8 Å². The van der Waals surface area contributed by atoms with Gasteiger partial charge >= 0.3 is 6.18 Å². The molecule has 142 valence electrons. The van der Waals surface area contributed by atoms with Gasteiger partial charge in [-0.2, -0.15) is 13.2 Å². The van der Waals surface area contributed by atoms with Gasteiger partial charge in [-0.3, -0.25) is 9.59 Å². The lowest BCUT2D eigenvalue weighted by Gasteiger charge is -2.19. The fraction of sp³-hybridized carbons (Fsp3) is 0.278. The summed E-state index contributed by atoms with van der Waals surface area (Å²) in [5.74, 6) is -1.14. The molecule has 0 spiro atoms. The normalized spacial score (nSPS) is 17.3. The van der Waals surface area contributed by atoms with Crippen LogP contribution in [0.2, 0.25) is 5.02 Å². The van der Waals surface area contributed by atoms with E-state index < -0.39 is 34.5 Å². The van der Waals surface area contributed by atoms with Gasteiger partial charge in [0.2, 0.25) is 11.8 Å². The highest BCUT2D eigenvalue weighted by Crippen LogP contribution is 2.38. The van der Waals surface area contributed by atoms with E-state index >= 15 is 0 Å². The molecule has 0 aliphatic carbocycles. The lowest BCUT2D eigenvalue weighted by atomic mass is 10.1. The van der Waals surface area contributed by atoms with E-state index in [0.29, 0.717) is 5.82 Å². The number of rotatable bonds is 3. The molecule has 0 saturated carbocycles. The molecule has 1 saturated heterocycles. The number of benzene rings is 1. The fourth-order valence-electron chi connectivity index (χ4n) is 2.87. The number of pyridine rings is 1. The van der Waals surface area contributed by atoms with E-state index in [-0.39, 0.29) is 18.7 Å². The molecular formula is C18H15ClF3N3O2. The van der Waals surface area contributed by atoms with Gasteiger partial charge in [-0.1, -0.05) is 17.7 Å². The Bertz CT molecular complexity index is 902. The number of amides is 2. The van der Waals surface area contributed by atoms with Gasteiger partial charge in [-0.15, -0.1) is 0 Å². The first-order chi connectivity index (χ1) is 12.7. The van der Waals surface area contributed by atoms with Gasteiger partial charge < -0.3 is 10.2 Å². The summed E-state index contributed by atoms with van der Waals surface area (Å²) >= 11 is 5.61. The summed E-state index contributed by atoms with van der Waals surface area (Å²) in [6.07, 6.45) is -3.20. The van der Waals surface area contributed by atoms with Crippen molar-refractivity contribution < 1.29 is 22.8 Å². The number of aryl methyl sites for hydroxylation is 1. The second kappa shape index (κ2) is 7.19.